The average Bonchev–Trinajstić information content (AvgIpc) is 2.45. The highest BCUT2D eigenvalue weighted by molar-refractivity contribution is 5.26. The summed E-state index contributed by atoms with van der Waals surface area (Å²) in [5.41, 5.74) is 0.0202. The summed E-state index contributed by atoms with van der Waals surface area (Å²) in [6, 6.07) is 5.41. The quantitative estimate of drug-likeness (QED) is 0.906. The first-order chi connectivity index (χ1) is 9.99. The minimum Gasteiger partial charge on any atom is -0.396 e. The summed E-state index contributed by atoms with van der Waals surface area (Å²) in [4.78, 5) is 2.18. The molecule has 1 unspecified atom stereocenters. The summed E-state index contributed by atoms with van der Waals surface area (Å²) in [6.45, 7) is 3.01. The molecule has 0 radical (unpaired) electrons. The van der Waals surface area contributed by atoms with Crippen LogP contribution in [0.5, 0.6) is 0 Å². The second-order valence-corrected chi connectivity index (χ2v) is 5.27. The van der Waals surface area contributed by atoms with Crippen LogP contribution in [0, 0.1) is 0 Å². The molecule has 1 heterocycles. The Bertz CT molecular complexity index is 451. The molecule has 118 valence electrons. The van der Waals surface area contributed by atoms with Crippen molar-refractivity contribution in [3.63, 3.8) is 0 Å². The minimum absolute atomic E-state index is 0.0964. The van der Waals surface area contributed by atoms with Crippen LogP contribution in [0.1, 0.15) is 17.5 Å². The summed E-state index contributed by atoms with van der Waals surface area (Å²) in [6.07, 6.45) is -3.23. The van der Waals surface area contributed by atoms with Crippen LogP contribution in [0.25, 0.3) is 0 Å². The first-order valence-electron chi connectivity index (χ1n) is 7.10. The molecule has 1 aromatic rings. The summed E-state index contributed by atoms with van der Waals surface area (Å²) in [5, 5.41) is 8.84. The van der Waals surface area contributed by atoms with Crippen LogP contribution in [0.3, 0.4) is 0 Å². The van der Waals surface area contributed by atoms with Crippen LogP contribution in [0.4, 0.5) is 13.2 Å². The molecule has 21 heavy (non-hydrogen) atoms. The van der Waals surface area contributed by atoms with E-state index in [2.05, 4.69) is 4.90 Å². The van der Waals surface area contributed by atoms with E-state index >= 15 is 0 Å². The van der Waals surface area contributed by atoms with Crippen LogP contribution < -0.4 is 0 Å². The first-order valence-corrected chi connectivity index (χ1v) is 7.10. The number of halogens is 3. The summed E-state index contributed by atoms with van der Waals surface area (Å²) in [5.74, 6) is 0. The lowest BCUT2D eigenvalue weighted by Crippen LogP contribution is -2.43. The standard InChI is InChI=1S/C15H20F3NO2/c16-15(17,18)13-4-1-3-12(9-13)10-14-11-19(5-2-7-20)6-8-21-14/h1,3-4,9,14,20H,2,5-8,10-11H2. The zero-order valence-corrected chi connectivity index (χ0v) is 11.8. The molecular weight excluding hydrogens is 283 g/mol. The molecule has 2 rings (SSSR count). The maximum Gasteiger partial charge on any atom is 0.416 e. The van der Waals surface area contributed by atoms with Crippen LogP contribution in [-0.2, 0) is 17.3 Å². The van der Waals surface area contributed by atoms with Crippen molar-refractivity contribution in [2.24, 2.45) is 0 Å². The number of hydrogen-bond acceptors (Lipinski definition) is 3. The summed E-state index contributed by atoms with van der Waals surface area (Å²) in [7, 11) is 0. The summed E-state index contributed by atoms with van der Waals surface area (Å²) >= 11 is 0. The number of ether oxygens (including phenoxy) is 1. The Kier molecular flexibility index (Phi) is 5.61. The van der Waals surface area contributed by atoms with Crippen LogP contribution in [0.15, 0.2) is 24.3 Å². The van der Waals surface area contributed by atoms with Gasteiger partial charge in [-0.2, -0.15) is 13.2 Å². The monoisotopic (exact) mass is 303 g/mol. The van der Waals surface area contributed by atoms with Gasteiger partial charge in [-0.3, -0.25) is 4.90 Å². The SMILES string of the molecule is OCCCN1CCOC(Cc2cccc(C(F)(F)F)c2)C1. The van der Waals surface area contributed by atoms with Gasteiger partial charge in [0.15, 0.2) is 0 Å². The van der Waals surface area contributed by atoms with E-state index in [1.165, 1.54) is 12.1 Å². The maximum absolute atomic E-state index is 12.7. The Hall–Kier alpha value is -1.11. The number of rotatable bonds is 5. The van der Waals surface area contributed by atoms with E-state index in [4.69, 9.17) is 9.84 Å². The lowest BCUT2D eigenvalue weighted by atomic mass is 10.0. The molecule has 0 amide bonds. The molecule has 6 heteroatoms. The molecule has 0 aromatic heterocycles. The number of aliphatic hydroxyl groups is 1. The van der Waals surface area contributed by atoms with Gasteiger partial charge in [-0.1, -0.05) is 18.2 Å². The lowest BCUT2D eigenvalue weighted by molar-refractivity contribution is -0.137. The van der Waals surface area contributed by atoms with Crippen LogP contribution >= 0.6 is 0 Å². The molecule has 1 fully saturated rings. The highest BCUT2D eigenvalue weighted by Gasteiger charge is 2.30. The normalized spacial score (nSPS) is 20.7. The topological polar surface area (TPSA) is 32.7 Å². The Morgan fingerprint density at radius 3 is 2.86 bits per heavy atom. The molecule has 1 N–H and O–H groups in total. The van der Waals surface area contributed by atoms with E-state index in [0.29, 0.717) is 31.6 Å². The zero-order chi connectivity index (χ0) is 15.3. The molecule has 1 aromatic carbocycles. The van der Waals surface area contributed by atoms with Gasteiger partial charge in [0.25, 0.3) is 0 Å². The van der Waals surface area contributed by atoms with Crippen molar-refractivity contribution in [2.45, 2.75) is 25.1 Å². The summed E-state index contributed by atoms with van der Waals surface area (Å²) < 4.78 is 43.7. The molecule has 0 bridgehead atoms. The Morgan fingerprint density at radius 2 is 2.14 bits per heavy atom. The van der Waals surface area contributed by atoms with Gasteiger partial charge in [-0.25, -0.2) is 0 Å². The van der Waals surface area contributed by atoms with E-state index in [1.54, 1.807) is 6.07 Å². The smallest absolute Gasteiger partial charge is 0.396 e. The third-order valence-electron chi connectivity index (χ3n) is 3.57. The van der Waals surface area contributed by atoms with Crippen molar-refractivity contribution < 1.29 is 23.0 Å². The van der Waals surface area contributed by atoms with Crippen LogP contribution in [0.2, 0.25) is 0 Å². The second-order valence-electron chi connectivity index (χ2n) is 5.27. The van der Waals surface area contributed by atoms with Gasteiger partial charge in [0.2, 0.25) is 0 Å². The van der Waals surface area contributed by atoms with Crippen molar-refractivity contribution in [2.75, 3.05) is 32.8 Å². The van der Waals surface area contributed by atoms with Gasteiger partial charge in [0, 0.05) is 26.2 Å². The third kappa shape index (κ3) is 4.98. The van der Waals surface area contributed by atoms with E-state index in [0.717, 1.165) is 19.2 Å². The molecule has 1 aliphatic heterocycles. The lowest BCUT2D eigenvalue weighted by Gasteiger charge is -2.33. The fourth-order valence-corrected chi connectivity index (χ4v) is 2.54. The van der Waals surface area contributed by atoms with Gasteiger partial charge in [0.1, 0.15) is 0 Å². The molecule has 1 atom stereocenters. The highest BCUT2D eigenvalue weighted by Crippen LogP contribution is 2.30. The van der Waals surface area contributed by atoms with Crippen molar-refractivity contribution in [1.82, 2.24) is 4.90 Å². The molecule has 0 spiro atoms. The van der Waals surface area contributed by atoms with E-state index < -0.39 is 11.7 Å². The number of hydrogen-bond donors (Lipinski definition) is 1. The largest absolute Gasteiger partial charge is 0.416 e. The zero-order valence-electron chi connectivity index (χ0n) is 11.8. The number of nitrogens with zero attached hydrogens (tertiary/aromatic N) is 1. The van der Waals surface area contributed by atoms with Gasteiger partial charge < -0.3 is 9.84 Å². The molecule has 0 aliphatic carbocycles. The predicted molar refractivity (Wildman–Crippen MR) is 73.0 cm³/mol. The fourth-order valence-electron chi connectivity index (χ4n) is 2.54. The van der Waals surface area contributed by atoms with Gasteiger partial charge in [0.05, 0.1) is 18.3 Å². The third-order valence-corrected chi connectivity index (χ3v) is 3.57. The van der Waals surface area contributed by atoms with Gasteiger partial charge >= 0.3 is 6.18 Å². The predicted octanol–water partition coefficient (Wildman–Crippen LogP) is 2.33. The molecular formula is C15H20F3NO2. The minimum atomic E-state index is -4.31. The van der Waals surface area contributed by atoms with Crippen molar-refractivity contribution in [1.29, 1.82) is 0 Å². The molecule has 3 nitrogen and oxygen atoms in total. The van der Waals surface area contributed by atoms with Crippen molar-refractivity contribution in [3.8, 4) is 0 Å². The van der Waals surface area contributed by atoms with Gasteiger partial charge in [-0.05, 0) is 24.5 Å². The molecule has 0 saturated carbocycles. The Balaban J connectivity index is 1.95. The molecule has 1 saturated heterocycles. The highest BCUT2D eigenvalue weighted by atomic mass is 19.4. The Morgan fingerprint density at radius 1 is 1.33 bits per heavy atom. The van der Waals surface area contributed by atoms with Crippen molar-refractivity contribution >= 4 is 0 Å². The Labute approximate surface area is 122 Å². The van der Waals surface area contributed by atoms with Gasteiger partial charge in [-0.15, -0.1) is 0 Å². The molecule has 1 aliphatic rings. The maximum atomic E-state index is 12.7. The van der Waals surface area contributed by atoms with E-state index in [-0.39, 0.29) is 12.7 Å². The average molecular weight is 303 g/mol. The second kappa shape index (κ2) is 7.24. The van der Waals surface area contributed by atoms with Crippen LogP contribution in [-0.4, -0.2) is 49.0 Å². The fraction of sp³-hybridized carbons (Fsp3) is 0.600. The number of morpholine rings is 1. The van der Waals surface area contributed by atoms with E-state index in [9.17, 15) is 13.2 Å². The van der Waals surface area contributed by atoms with Crippen molar-refractivity contribution in [3.05, 3.63) is 35.4 Å². The van der Waals surface area contributed by atoms with E-state index in [1.807, 2.05) is 0 Å². The number of aliphatic hydroxyl groups excluding tert-OH is 1. The number of benzene rings is 1. The first kappa shape index (κ1) is 16.3. The number of alkyl halides is 3.